The second kappa shape index (κ2) is 23.4. The highest BCUT2D eigenvalue weighted by molar-refractivity contribution is 4.92. The number of aliphatic hydroxyl groups is 1. The Morgan fingerprint density at radius 1 is 1.05 bits per heavy atom. The fraction of sp³-hybridized carbons (Fsp3) is 0.789. The highest BCUT2D eigenvalue weighted by Crippen LogP contribution is 2.16. The largest absolute Gasteiger partial charge is 0.400 e. The molecule has 1 heteroatoms. The van der Waals surface area contributed by atoms with Crippen LogP contribution in [0.1, 0.15) is 79.6 Å². The predicted molar refractivity (Wildman–Crippen MR) is 93.8 cm³/mol. The van der Waals surface area contributed by atoms with Crippen molar-refractivity contribution in [2.24, 2.45) is 11.8 Å². The van der Waals surface area contributed by atoms with Crippen molar-refractivity contribution in [3.8, 4) is 12.3 Å². The molecule has 0 saturated carbocycles. The zero-order chi connectivity index (χ0) is 16.2. The Kier molecular flexibility index (Phi) is 28.4. The summed E-state index contributed by atoms with van der Waals surface area (Å²) in [7, 11) is 1.00. The molecule has 0 heterocycles. The fourth-order valence-electron chi connectivity index (χ4n) is 1.62. The van der Waals surface area contributed by atoms with Crippen LogP contribution in [-0.4, -0.2) is 12.2 Å². The minimum atomic E-state index is 0.451. The molecule has 0 radical (unpaired) electrons. The molecule has 0 aromatic carbocycles. The monoisotopic (exact) mass is 282 g/mol. The van der Waals surface area contributed by atoms with E-state index >= 15 is 0 Å². The molecule has 0 spiro atoms. The summed E-state index contributed by atoms with van der Waals surface area (Å²) in [5, 5.41) is 7.00. The minimum Gasteiger partial charge on any atom is -0.400 e. The zero-order valence-electron chi connectivity index (χ0n) is 14.8. The second-order valence-corrected chi connectivity index (χ2v) is 5.14. The minimum absolute atomic E-state index is 0.451. The van der Waals surface area contributed by atoms with Crippen LogP contribution in [0.4, 0.5) is 0 Å². The third-order valence-electron chi connectivity index (χ3n) is 3.34. The number of unbranched alkanes of at least 4 members (excludes halogenated alkanes) is 4. The number of allylic oxidation sites excluding steroid dienone is 2. The van der Waals surface area contributed by atoms with Crippen LogP contribution in [0.2, 0.25) is 0 Å². The van der Waals surface area contributed by atoms with Gasteiger partial charge >= 0.3 is 0 Å². The summed E-state index contributed by atoms with van der Waals surface area (Å²) in [4.78, 5) is 0. The maximum atomic E-state index is 7.00. The summed E-state index contributed by atoms with van der Waals surface area (Å²) in [6.45, 7) is 10.9. The van der Waals surface area contributed by atoms with Gasteiger partial charge in [-0.1, -0.05) is 65.5 Å². The van der Waals surface area contributed by atoms with Crippen molar-refractivity contribution in [1.29, 1.82) is 0 Å². The van der Waals surface area contributed by atoms with E-state index in [0.717, 1.165) is 7.11 Å². The third-order valence-corrected chi connectivity index (χ3v) is 3.34. The van der Waals surface area contributed by atoms with Crippen LogP contribution >= 0.6 is 0 Å². The third kappa shape index (κ3) is 22.4. The topological polar surface area (TPSA) is 20.2 Å². The highest BCUT2D eigenvalue weighted by atomic mass is 16.2. The van der Waals surface area contributed by atoms with E-state index in [-0.39, 0.29) is 0 Å². The molecule has 1 nitrogen and oxygen atoms in total. The lowest BCUT2D eigenvalue weighted by molar-refractivity contribution is 0.399. The van der Waals surface area contributed by atoms with E-state index in [1.54, 1.807) is 0 Å². The van der Waals surface area contributed by atoms with E-state index < -0.39 is 0 Å². The molecule has 0 aliphatic heterocycles. The van der Waals surface area contributed by atoms with Crippen molar-refractivity contribution < 1.29 is 5.11 Å². The molecule has 120 valence electrons. The summed E-state index contributed by atoms with van der Waals surface area (Å²) in [5.41, 5.74) is 0. The number of aliphatic hydroxyl groups excluding tert-OH is 1. The van der Waals surface area contributed by atoms with E-state index in [1.165, 1.54) is 44.9 Å². The molecule has 0 fully saturated rings. The lowest BCUT2D eigenvalue weighted by Crippen LogP contribution is -2.04. The van der Waals surface area contributed by atoms with E-state index in [0.29, 0.717) is 11.8 Å². The number of terminal acetylenes is 1. The Morgan fingerprint density at radius 3 is 2.00 bits per heavy atom. The first-order valence-electron chi connectivity index (χ1n) is 8.15. The first-order chi connectivity index (χ1) is 9.63. The van der Waals surface area contributed by atoms with E-state index in [4.69, 9.17) is 11.5 Å². The first-order valence-corrected chi connectivity index (χ1v) is 8.15. The van der Waals surface area contributed by atoms with E-state index in [9.17, 15) is 0 Å². The van der Waals surface area contributed by atoms with Crippen molar-refractivity contribution in [3.63, 3.8) is 0 Å². The SMILES string of the molecule is C#CC(C)C(C)CCCC.C/C=C\CCCCC.CO. The molecule has 0 bridgehead atoms. The van der Waals surface area contributed by atoms with Crippen molar-refractivity contribution in [3.05, 3.63) is 12.2 Å². The molecule has 0 aliphatic carbocycles. The maximum absolute atomic E-state index is 7.00. The average molecular weight is 283 g/mol. The van der Waals surface area contributed by atoms with Gasteiger partial charge in [0.2, 0.25) is 0 Å². The zero-order valence-corrected chi connectivity index (χ0v) is 14.8. The van der Waals surface area contributed by atoms with Gasteiger partial charge in [-0.05, 0) is 32.1 Å². The summed E-state index contributed by atoms with van der Waals surface area (Å²) in [6, 6.07) is 0. The number of rotatable bonds is 8. The van der Waals surface area contributed by atoms with Gasteiger partial charge in [-0.15, -0.1) is 12.3 Å². The van der Waals surface area contributed by atoms with Crippen LogP contribution in [0.25, 0.3) is 0 Å². The molecule has 0 amide bonds. The normalized spacial score (nSPS) is 12.5. The van der Waals surface area contributed by atoms with Crippen LogP contribution in [0.5, 0.6) is 0 Å². The molecule has 0 aliphatic rings. The van der Waals surface area contributed by atoms with Gasteiger partial charge in [0, 0.05) is 13.0 Å². The standard InChI is InChI=1S/C10H18.C8H16.CH4O/c1-5-7-8-10(4)9(3)6-2;1-3-5-7-8-6-4-2;1-2/h2,9-10H,5,7-8H2,1,3-4H3;3,5H,4,6-8H2,1-2H3;2H,1H3/b;5-3-;. The van der Waals surface area contributed by atoms with Crippen molar-refractivity contribution in [1.82, 2.24) is 0 Å². The smallest absolute Gasteiger partial charge is 0.0319 e. The van der Waals surface area contributed by atoms with Crippen LogP contribution < -0.4 is 0 Å². The van der Waals surface area contributed by atoms with E-state index in [2.05, 4.69) is 52.7 Å². The predicted octanol–water partition coefficient (Wildman–Crippen LogP) is 5.83. The Balaban J connectivity index is -0.000000262. The Bertz CT molecular complexity index is 212. The van der Waals surface area contributed by atoms with Gasteiger partial charge in [0.1, 0.15) is 0 Å². The van der Waals surface area contributed by atoms with Gasteiger partial charge in [-0.25, -0.2) is 0 Å². The molecule has 2 unspecified atom stereocenters. The summed E-state index contributed by atoms with van der Waals surface area (Å²) in [6.07, 6.45) is 18.9. The molecule has 2 atom stereocenters. The van der Waals surface area contributed by atoms with Gasteiger partial charge < -0.3 is 5.11 Å². The summed E-state index contributed by atoms with van der Waals surface area (Å²) in [5.74, 6) is 3.92. The summed E-state index contributed by atoms with van der Waals surface area (Å²) >= 11 is 0. The fourth-order valence-corrected chi connectivity index (χ4v) is 1.62. The quantitative estimate of drug-likeness (QED) is 0.337. The molecule has 0 aromatic rings. The van der Waals surface area contributed by atoms with Gasteiger partial charge in [0.15, 0.2) is 0 Å². The van der Waals surface area contributed by atoms with Gasteiger partial charge in [0.05, 0.1) is 0 Å². The molecule has 1 N–H and O–H groups in total. The van der Waals surface area contributed by atoms with Crippen LogP contribution in [0.3, 0.4) is 0 Å². The molecule has 0 rings (SSSR count). The Morgan fingerprint density at radius 2 is 1.60 bits per heavy atom. The first kappa shape index (κ1) is 24.3. The average Bonchev–Trinajstić information content (AvgIpc) is 2.51. The molecule has 20 heavy (non-hydrogen) atoms. The molecule has 0 aromatic heterocycles. The van der Waals surface area contributed by atoms with Crippen molar-refractivity contribution >= 4 is 0 Å². The molecular weight excluding hydrogens is 244 g/mol. The second-order valence-electron chi connectivity index (χ2n) is 5.14. The summed E-state index contributed by atoms with van der Waals surface area (Å²) < 4.78 is 0. The molecular formula is C19H38O. The van der Waals surface area contributed by atoms with Gasteiger partial charge in [0.25, 0.3) is 0 Å². The number of hydrogen-bond acceptors (Lipinski definition) is 1. The number of hydrogen-bond donors (Lipinski definition) is 1. The van der Waals surface area contributed by atoms with Crippen LogP contribution in [-0.2, 0) is 0 Å². The lowest BCUT2D eigenvalue weighted by atomic mass is 9.92. The van der Waals surface area contributed by atoms with Crippen molar-refractivity contribution in [2.75, 3.05) is 7.11 Å². The highest BCUT2D eigenvalue weighted by Gasteiger charge is 2.07. The van der Waals surface area contributed by atoms with Crippen LogP contribution in [0, 0.1) is 24.2 Å². The van der Waals surface area contributed by atoms with Gasteiger partial charge in [-0.2, -0.15) is 0 Å². The van der Waals surface area contributed by atoms with E-state index in [1.807, 2.05) is 0 Å². The Hall–Kier alpha value is -0.740. The molecule has 0 saturated heterocycles. The van der Waals surface area contributed by atoms with Gasteiger partial charge in [-0.3, -0.25) is 0 Å². The lowest BCUT2D eigenvalue weighted by Gasteiger charge is -2.13. The van der Waals surface area contributed by atoms with Crippen LogP contribution in [0.15, 0.2) is 12.2 Å². The van der Waals surface area contributed by atoms with Crippen molar-refractivity contribution in [2.45, 2.75) is 79.6 Å². The maximum Gasteiger partial charge on any atom is 0.0319 e. The Labute approximate surface area is 128 Å².